The van der Waals surface area contributed by atoms with Crippen molar-refractivity contribution < 1.29 is 13.0 Å². The van der Waals surface area contributed by atoms with Crippen LogP contribution in [-0.4, -0.2) is 13.0 Å². The SMILES string of the molecule is C=C(CC(CC)CC)c1ccc(S(=O)(=O)O)cc1. The zero-order valence-corrected chi connectivity index (χ0v) is 11.7. The van der Waals surface area contributed by atoms with Crippen LogP contribution in [0.3, 0.4) is 0 Å². The standard InChI is InChI=1S/C14H20O3S/c1-4-12(5-2)10-11(3)13-6-8-14(9-7-13)18(15,16)17/h6-9,12H,3-5,10H2,1-2H3,(H,15,16,17). The van der Waals surface area contributed by atoms with Gasteiger partial charge in [-0.05, 0) is 35.6 Å². The fourth-order valence-electron chi connectivity index (χ4n) is 1.91. The number of hydrogen-bond acceptors (Lipinski definition) is 2. The average molecular weight is 268 g/mol. The molecule has 0 aromatic heterocycles. The summed E-state index contributed by atoms with van der Waals surface area (Å²) < 4.78 is 30.7. The summed E-state index contributed by atoms with van der Waals surface area (Å²) in [4.78, 5) is -0.0819. The van der Waals surface area contributed by atoms with E-state index in [0.29, 0.717) is 5.92 Å². The summed E-state index contributed by atoms with van der Waals surface area (Å²) in [5, 5.41) is 0. The molecule has 3 nitrogen and oxygen atoms in total. The molecule has 0 amide bonds. The predicted octanol–water partition coefficient (Wildman–Crippen LogP) is 3.77. The van der Waals surface area contributed by atoms with Gasteiger partial charge >= 0.3 is 0 Å². The van der Waals surface area contributed by atoms with Crippen molar-refractivity contribution in [2.45, 2.75) is 38.0 Å². The monoisotopic (exact) mass is 268 g/mol. The molecule has 1 aromatic carbocycles. The van der Waals surface area contributed by atoms with Crippen LogP contribution in [0.15, 0.2) is 35.7 Å². The first-order valence-corrected chi connectivity index (χ1v) is 7.58. The summed E-state index contributed by atoms with van der Waals surface area (Å²) in [5.41, 5.74) is 1.93. The quantitative estimate of drug-likeness (QED) is 0.799. The van der Waals surface area contributed by atoms with Gasteiger partial charge in [0.15, 0.2) is 0 Å². The number of benzene rings is 1. The van der Waals surface area contributed by atoms with Gasteiger partial charge in [-0.25, -0.2) is 0 Å². The highest BCUT2D eigenvalue weighted by atomic mass is 32.2. The van der Waals surface area contributed by atoms with Crippen LogP contribution in [-0.2, 0) is 10.1 Å². The number of rotatable bonds is 6. The summed E-state index contributed by atoms with van der Waals surface area (Å²) in [6, 6.07) is 6.19. The summed E-state index contributed by atoms with van der Waals surface area (Å²) in [5.74, 6) is 0.610. The van der Waals surface area contributed by atoms with Crippen molar-refractivity contribution in [3.05, 3.63) is 36.4 Å². The Labute approximate surface area is 109 Å². The Morgan fingerprint density at radius 3 is 2.11 bits per heavy atom. The maximum absolute atomic E-state index is 10.9. The Kier molecular flexibility index (Phi) is 5.11. The number of hydrogen-bond donors (Lipinski definition) is 1. The van der Waals surface area contributed by atoms with E-state index in [4.69, 9.17) is 4.55 Å². The molecule has 0 atom stereocenters. The molecule has 0 radical (unpaired) electrons. The lowest BCUT2D eigenvalue weighted by atomic mass is 9.92. The smallest absolute Gasteiger partial charge is 0.282 e. The van der Waals surface area contributed by atoms with E-state index in [0.717, 1.165) is 30.4 Å². The normalized spacial score (nSPS) is 11.8. The minimum atomic E-state index is -4.11. The van der Waals surface area contributed by atoms with Crippen molar-refractivity contribution in [3.63, 3.8) is 0 Å². The fourth-order valence-corrected chi connectivity index (χ4v) is 2.39. The Balaban J connectivity index is 2.83. The molecule has 0 saturated carbocycles. The van der Waals surface area contributed by atoms with Crippen molar-refractivity contribution in [1.82, 2.24) is 0 Å². The number of allylic oxidation sites excluding steroid dienone is 1. The van der Waals surface area contributed by atoms with Crippen LogP contribution in [0.5, 0.6) is 0 Å². The van der Waals surface area contributed by atoms with Gasteiger partial charge in [0, 0.05) is 0 Å². The molecule has 0 unspecified atom stereocenters. The maximum atomic E-state index is 10.9. The van der Waals surface area contributed by atoms with Crippen LogP contribution in [0.1, 0.15) is 38.7 Å². The topological polar surface area (TPSA) is 54.4 Å². The Morgan fingerprint density at radius 2 is 1.72 bits per heavy atom. The minimum absolute atomic E-state index is 0.0819. The molecule has 1 rings (SSSR count). The van der Waals surface area contributed by atoms with Gasteiger partial charge in [0.25, 0.3) is 10.1 Å². The molecule has 0 heterocycles. The molecular weight excluding hydrogens is 248 g/mol. The second kappa shape index (κ2) is 6.16. The molecule has 4 heteroatoms. The third-order valence-electron chi connectivity index (χ3n) is 3.25. The van der Waals surface area contributed by atoms with Crippen LogP contribution in [0.2, 0.25) is 0 Å². The van der Waals surface area contributed by atoms with Crippen LogP contribution in [0.4, 0.5) is 0 Å². The maximum Gasteiger partial charge on any atom is 0.294 e. The summed E-state index contributed by atoms with van der Waals surface area (Å²) >= 11 is 0. The van der Waals surface area contributed by atoms with Gasteiger partial charge in [-0.15, -0.1) is 0 Å². The lowest BCUT2D eigenvalue weighted by Gasteiger charge is -2.14. The second-order valence-corrected chi connectivity index (χ2v) is 5.91. The van der Waals surface area contributed by atoms with Crippen molar-refractivity contribution in [2.75, 3.05) is 0 Å². The lowest BCUT2D eigenvalue weighted by molar-refractivity contribution is 0.483. The van der Waals surface area contributed by atoms with E-state index in [2.05, 4.69) is 20.4 Å². The second-order valence-electron chi connectivity index (χ2n) is 4.49. The largest absolute Gasteiger partial charge is 0.294 e. The first-order valence-electron chi connectivity index (χ1n) is 6.14. The Bertz CT molecular complexity index is 496. The fraction of sp³-hybridized carbons (Fsp3) is 0.429. The molecular formula is C14H20O3S. The van der Waals surface area contributed by atoms with E-state index in [1.807, 2.05) is 0 Å². The molecule has 0 fully saturated rings. The summed E-state index contributed by atoms with van der Waals surface area (Å²) in [7, 11) is -4.11. The van der Waals surface area contributed by atoms with Crippen molar-refractivity contribution in [2.24, 2.45) is 5.92 Å². The molecule has 1 N–H and O–H groups in total. The zero-order chi connectivity index (χ0) is 13.8. The highest BCUT2D eigenvalue weighted by Gasteiger charge is 2.11. The van der Waals surface area contributed by atoms with Crippen LogP contribution >= 0.6 is 0 Å². The van der Waals surface area contributed by atoms with Gasteiger partial charge in [-0.2, -0.15) is 8.42 Å². The third kappa shape index (κ3) is 3.96. The highest BCUT2D eigenvalue weighted by molar-refractivity contribution is 7.85. The van der Waals surface area contributed by atoms with Crippen molar-refractivity contribution in [1.29, 1.82) is 0 Å². The molecule has 0 aliphatic rings. The predicted molar refractivity (Wildman–Crippen MR) is 74.0 cm³/mol. The van der Waals surface area contributed by atoms with E-state index < -0.39 is 10.1 Å². The van der Waals surface area contributed by atoms with Gasteiger partial charge in [0.05, 0.1) is 4.90 Å². The molecule has 0 aliphatic heterocycles. The van der Waals surface area contributed by atoms with E-state index in [1.165, 1.54) is 12.1 Å². The third-order valence-corrected chi connectivity index (χ3v) is 4.12. The molecule has 1 aromatic rings. The Morgan fingerprint density at radius 1 is 1.22 bits per heavy atom. The first-order chi connectivity index (χ1) is 8.38. The zero-order valence-electron chi connectivity index (χ0n) is 10.9. The van der Waals surface area contributed by atoms with Gasteiger partial charge in [-0.3, -0.25) is 4.55 Å². The van der Waals surface area contributed by atoms with Crippen molar-refractivity contribution in [3.8, 4) is 0 Å². The first kappa shape index (κ1) is 14.9. The van der Waals surface area contributed by atoms with Gasteiger partial charge in [-0.1, -0.05) is 45.4 Å². The molecule has 0 aliphatic carbocycles. The van der Waals surface area contributed by atoms with Gasteiger partial charge < -0.3 is 0 Å². The van der Waals surface area contributed by atoms with Crippen molar-refractivity contribution >= 4 is 15.7 Å². The highest BCUT2D eigenvalue weighted by Crippen LogP contribution is 2.25. The van der Waals surface area contributed by atoms with Crippen LogP contribution < -0.4 is 0 Å². The minimum Gasteiger partial charge on any atom is -0.282 e. The summed E-state index contributed by atoms with van der Waals surface area (Å²) in [6.07, 6.45) is 3.13. The molecule has 100 valence electrons. The van der Waals surface area contributed by atoms with E-state index >= 15 is 0 Å². The van der Waals surface area contributed by atoms with E-state index in [9.17, 15) is 8.42 Å². The molecule has 0 bridgehead atoms. The van der Waals surface area contributed by atoms with E-state index in [1.54, 1.807) is 12.1 Å². The van der Waals surface area contributed by atoms with Crippen LogP contribution in [0, 0.1) is 5.92 Å². The molecule has 18 heavy (non-hydrogen) atoms. The van der Waals surface area contributed by atoms with Crippen LogP contribution in [0.25, 0.3) is 5.57 Å². The average Bonchev–Trinajstić information content (AvgIpc) is 2.34. The molecule has 0 spiro atoms. The summed E-state index contributed by atoms with van der Waals surface area (Å²) in [6.45, 7) is 8.35. The Hall–Kier alpha value is -1.13. The lowest BCUT2D eigenvalue weighted by Crippen LogP contribution is -2.00. The van der Waals surface area contributed by atoms with E-state index in [-0.39, 0.29) is 4.90 Å². The molecule has 0 saturated heterocycles. The van der Waals surface area contributed by atoms with Gasteiger partial charge in [0.1, 0.15) is 0 Å². The van der Waals surface area contributed by atoms with Gasteiger partial charge in [0.2, 0.25) is 0 Å².